The summed E-state index contributed by atoms with van der Waals surface area (Å²) in [6.07, 6.45) is -0.972. The molecule has 24 heavy (non-hydrogen) atoms. The van der Waals surface area contributed by atoms with Gasteiger partial charge >= 0.3 is 0 Å². The van der Waals surface area contributed by atoms with Gasteiger partial charge in [0.15, 0.2) is 5.69 Å². The first-order valence-electron chi connectivity index (χ1n) is 7.20. The van der Waals surface area contributed by atoms with Crippen LogP contribution in [0.4, 0.5) is 5.69 Å². The number of nitrogens with zero attached hydrogens (tertiary/aromatic N) is 2. The lowest BCUT2D eigenvalue weighted by atomic mass is 10.1. The van der Waals surface area contributed by atoms with Crippen molar-refractivity contribution >= 4 is 22.5 Å². The van der Waals surface area contributed by atoms with E-state index in [2.05, 4.69) is 15.5 Å². The maximum absolute atomic E-state index is 12.2. The molecular formula is C16H14N4O4. The van der Waals surface area contributed by atoms with Crippen LogP contribution in [0.3, 0.4) is 0 Å². The molecule has 0 radical (unpaired) electrons. The number of nitro groups is 1. The number of aromatic nitrogens is 2. The molecule has 0 spiro atoms. The normalized spacial score (nSPS) is 12.0. The van der Waals surface area contributed by atoms with Crippen LogP contribution in [0.2, 0.25) is 0 Å². The molecule has 3 aromatic rings. The van der Waals surface area contributed by atoms with Crippen LogP contribution in [-0.2, 0) is 0 Å². The van der Waals surface area contributed by atoms with E-state index in [0.29, 0.717) is 10.9 Å². The Hall–Kier alpha value is -3.26. The fraction of sp³-hybridized carbons (Fsp3) is 0.125. The molecule has 0 saturated heterocycles. The number of amides is 1. The number of para-hydroxylation sites is 1. The van der Waals surface area contributed by atoms with Crippen LogP contribution in [0.25, 0.3) is 10.9 Å². The van der Waals surface area contributed by atoms with E-state index in [9.17, 15) is 20.0 Å². The van der Waals surface area contributed by atoms with E-state index >= 15 is 0 Å². The average Bonchev–Trinajstić information content (AvgIpc) is 3.03. The van der Waals surface area contributed by atoms with Crippen molar-refractivity contribution in [1.29, 1.82) is 0 Å². The first-order valence-corrected chi connectivity index (χ1v) is 7.20. The summed E-state index contributed by atoms with van der Waals surface area (Å²) < 4.78 is 0. The van der Waals surface area contributed by atoms with Gasteiger partial charge in [-0.15, -0.1) is 0 Å². The Bertz CT molecular complexity index is 888. The minimum absolute atomic E-state index is 0.0299. The number of H-pyrrole nitrogens is 1. The number of carbonyl (C=O) groups is 1. The highest BCUT2D eigenvalue weighted by Crippen LogP contribution is 2.18. The second-order valence-corrected chi connectivity index (χ2v) is 5.19. The molecule has 0 saturated carbocycles. The molecule has 1 aromatic heterocycles. The van der Waals surface area contributed by atoms with Crippen LogP contribution in [0.1, 0.15) is 22.2 Å². The summed E-state index contributed by atoms with van der Waals surface area (Å²) in [4.78, 5) is 22.3. The smallest absolute Gasteiger partial charge is 0.272 e. The second-order valence-electron chi connectivity index (χ2n) is 5.19. The third-order valence-corrected chi connectivity index (χ3v) is 3.63. The van der Waals surface area contributed by atoms with Crippen LogP contribution < -0.4 is 5.32 Å². The van der Waals surface area contributed by atoms with Crippen LogP contribution in [0.15, 0.2) is 48.5 Å². The van der Waals surface area contributed by atoms with Gasteiger partial charge in [-0.05, 0) is 23.8 Å². The van der Waals surface area contributed by atoms with E-state index in [1.807, 2.05) is 12.1 Å². The van der Waals surface area contributed by atoms with Gasteiger partial charge in [-0.25, -0.2) is 0 Å². The van der Waals surface area contributed by atoms with E-state index in [1.165, 1.54) is 24.3 Å². The lowest BCUT2D eigenvalue weighted by molar-refractivity contribution is -0.384. The number of nitrogens with one attached hydrogen (secondary N) is 2. The molecule has 1 unspecified atom stereocenters. The summed E-state index contributed by atoms with van der Waals surface area (Å²) in [5, 5.41) is 30.8. The maximum atomic E-state index is 12.2. The molecule has 3 N–H and O–H groups in total. The summed E-state index contributed by atoms with van der Waals surface area (Å²) in [6.45, 7) is -0.0299. The van der Waals surface area contributed by atoms with Gasteiger partial charge in [-0.2, -0.15) is 5.10 Å². The highest BCUT2D eigenvalue weighted by Gasteiger charge is 2.16. The predicted molar refractivity (Wildman–Crippen MR) is 86.5 cm³/mol. The summed E-state index contributed by atoms with van der Waals surface area (Å²) in [6, 6.07) is 12.8. The minimum Gasteiger partial charge on any atom is -0.387 e. The first kappa shape index (κ1) is 15.6. The molecule has 8 heteroatoms. The molecule has 0 bridgehead atoms. The van der Waals surface area contributed by atoms with Crippen LogP contribution in [-0.4, -0.2) is 32.7 Å². The number of rotatable bonds is 5. The number of hydrogen-bond acceptors (Lipinski definition) is 5. The number of aromatic amines is 1. The van der Waals surface area contributed by atoms with Crippen LogP contribution >= 0.6 is 0 Å². The Morgan fingerprint density at radius 1 is 1.25 bits per heavy atom. The zero-order chi connectivity index (χ0) is 17.1. The molecule has 1 amide bonds. The SMILES string of the molecule is O=C(NCC(O)c1ccc([N+](=O)[O-])cc1)c1n[nH]c2ccccc12. The largest absolute Gasteiger partial charge is 0.387 e. The number of non-ortho nitro benzene ring substituents is 1. The van der Waals surface area contributed by atoms with E-state index in [4.69, 9.17) is 0 Å². The Morgan fingerprint density at radius 3 is 2.67 bits per heavy atom. The Morgan fingerprint density at radius 2 is 1.96 bits per heavy atom. The molecule has 1 heterocycles. The molecule has 0 aliphatic carbocycles. The minimum atomic E-state index is -0.972. The van der Waals surface area contributed by atoms with Crippen molar-refractivity contribution in [2.75, 3.05) is 6.54 Å². The third kappa shape index (κ3) is 3.08. The first-order chi connectivity index (χ1) is 11.6. The number of nitro benzene ring substituents is 1. The van der Waals surface area contributed by atoms with Gasteiger partial charge in [0.2, 0.25) is 0 Å². The average molecular weight is 326 g/mol. The van der Waals surface area contributed by atoms with Crippen molar-refractivity contribution in [3.05, 3.63) is 69.9 Å². The summed E-state index contributed by atoms with van der Waals surface area (Å²) >= 11 is 0. The molecule has 0 fully saturated rings. The third-order valence-electron chi connectivity index (χ3n) is 3.63. The molecule has 1 atom stereocenters. The Kier molecular flexibility index (Phi) is 4.21. The number of carbonyl (C=O) groups excluding carboxylic acids is 1. The van der Waals surface area contributed by atoms with Gasteiger partial charge in [-0.3, -0.25) is 20.0 Å². The zero-order valence-electron chi connectivity index (χ0n) is 12.5. The highest BCUT2D eigenvalue weighted by molar-refractivity contribution is 6.04. The quantitative estimate of drug-likeness (QED) is 0.488. The number of aliphatic hydroxyl groups is 1. The van der Waals surface area contributed by atoms with Crippen LogP contribution in [0.5, 0.6) is 0 Å². The van der Waals surface area contributed by atoms with E-state index in [-0.39, 0.29) is 17.9 Å². The van der Waals surface area contributed by atoms with Crippen molar-refractivity contribution in [2.24, 2.45) is 0 Å². The van der Waals surface area contributed by atoms with E-state index in [0.717, 1.165) is 5.52 Å². The fourth-order valence-corrected chi connectivity index (χ4v) is 2.35. The monoisotopic (exact) mass is 326 g/mol. The van der Waals surface area contributed by atoms with E-state index < -0.39 is 16.9 Å². The van der Waals surface area contributed by atoms with Crippen molar-refractivity contribution < 1.29 is 14.8 Å². The molecule has 8 nitrogen and oxygen atoms in total. The fourth-order valence-electron chi connectivity index (χ4n) is 2.35. The number of benzene rings is 2. The molecule has 122 valence electrons. The number of aliphatic hydroxyl groups excluding tert-OH is 1. The van der Waals surface area contributed by atoms with Crippen molar-refractivity contribution in [3.63, 3.8) is 0 Å². The van der Waals surface area contributed by atoms with Gasteiger partial charge in [-0.1, -0.05) is 18.2 Å². The second kappa shape index (κ2) is 6.47. The van der Waals surface area contributed by atoms with E-state index in [1.54, 1.807) is 12.1 Å². The van der Waals surface area contributed by atoms with Gasteiger partial charge in [0.1, 0.15) is 0 Å². The Balaban J connectivity index is 1.66. The number of hydrogen-bond donors (Lipinski definition) is 3. The number of fused-ring (bicyclic) bond motifs is 1. The molecule has 0 aliphatic heterocycles. The molecule has 3 rings (SSSR count). The molecule has 0 aliphatic rings. The van der Waals surface area contributed by atoms with Crippen molar-refractivity contribution in [2.45, 2.75) is 6.10 Å². The van der Waals surface area contributed by atoms with Gasteiger partial charge in [0, 0.05) is 24.1 Å². The summed E-state index contributed by atoms with van der Waals surface area (Å²) in [5.41, 5.74) is 1.42. The standard InChI is InChI=1S/C16H14N4O4/c21-14(10-5-7-11(8-6-10)20(23)24)9-17-16(22)15-12-3-1-2-4-13(12)18-19-15/h1-8,14,21H,9H2,(H,17,22)(H,18,19). The maximum Gasteiger partial charge on any atom is 0.272 e. The molecular weight excluding hydrogens is 312 g/mol. The summed E-state index contributed by atoms with van der Waals surface area (Å²) in [5.74, 6) is -0.409. The van der Waals surface area contributed by atoms with Crippen molar-refractivity contribution in [1.82, 2.24) is 15.5 Å². The topological polar surface area (TPSA) is 121 Å². The lowest BCUT2D eigenvalue weighted by Gasteiger charge is -2.11. The highest BCUT2D eigenvalue weighted by atomic mass is 16.6. The predicted octanol–water partition coefficient (Wildman–Crippen LogP) is 1.93. The summed E-state index contributed by atoms with van der Waals surface area (Å²) in [7, 11) is 0. The van der Waals surface area contributed by atoms with Crippen molar-refractivity contribution in [3.8, 4) is 0 Å². The van der Waals surface area contributed by atoms with Gasteiger partial charge in [0.05, 0.1) is 16.5 Å². The van der Waals surface area contributed by atoms with Crippen LogP contribution in [0, 0.1) is 10.1 Å². The zero-order valence-corrected chi connectivity index (χ0v) is 12.5. The van der Waals surface area contributed by atoms with Gasteiger partial charge in [0.25, 0.3) is 11.6 Å². The van der Waals surface area contributed by atoms with Gasteiger partial charge < -0.3 is 10.4 Å². The molecule has 2 aromatic carbocycles. The Labute approximate surface area is 136 Å². The lowest BCUT2D eigenvalue weighted by Crippen LogP contribution is -2.28.